The molecule has 0 aliphatic heterocycles. The molecular weight excluding hydrogens is 362 g/mol. The molecule has 0 amide bonds. The molecule has 2 aromatic rings. The minimum absolute atomic E-state index is 0.287. The predicted octanol–water partition coefficient (Wildman–Crippen LogP) is 6.29. The molecule has 1 heterocycles. The van der Waals surface area contributed by atoms with Crippen molar-refractivity contribution in [3.05, 3.63) is 66.1 Å². The van der Waals surface area contributed by atoms with Crippen molar-refractivity contribution in [2.24, 2.45) is 11.3 Å². The number of hydrogen-bond donors (Lipinski definition) is 2. The van der Waals surface area contributed by atoms with Gasteiger partial charge < -0.3 is 10.6 Å². The Kier molecular flexibility index (Phi) is 8.31. The van der Waals surface area contributed by atoms with Crippen LogP contribution in [0.1, 0.15) is 51.3 Å². The van der Waals surface area contributed by atoms with Gasteiger partial charge in [-0.25, -0.2) is 4.98 Å². The molecule has 2 N–H and O–H groups in total. The van der Waals surface area contributed by atoms with E-state index in [0.29, 0.717) is 5.92 Å². The lowest BCUT2D eigenvalue weighted by Gasteiger charge is -2.28. The number of benzene rings is 1. The molecule has 152 valence electrons. The van der Waals surface area contributed by atoms with Crippen LogP contribution in [0.25, 0.3) is 10.4 Å². The van der Waals surface area contributed by atoms with Gasteiger partial charge in [0.05, 0.1) is 16.1 Å². The number of thiazole rings is 1. The highest BCUT2D eigenvalue weighted by atomic mass is 32.1. The van der Waals surface area contributed by atoms with Gasteiger partial charge in [0.2, 0.25) is 0 Å². The summed E-state index contributed by atoms with van der Waals surface area (Å²) in [6.45, 7) is 18.8. The van der Waals surface area contributed by atoms with Crippen LogP contribution in [-0.4, -0.2) is 11.5 Å². The van der Waals surface area contributed by atoms with Gasteiger partial charge in [-0.1, -0.05) is 58.2 Å². The van der Waals surface area contributed by atoms with Gasteiger partial charge in [0, 0.05) is 18.8 Å². The van der Waals surface area contributed by atoms with E-state index in [-0.39, 0.29) is 5.41 Å². The number of nitrogens with zero attached hydrogens (tertiary/aromatic N) is 1. The predicted molar refractivity (Wildman–Crippen MR) is 123 cm³/mol. The van der Waals surface area contributed by atoms with E-state index in [1.54, 1.807) is 17.5 Å². The molecule has 0 saturated heterocycles. The number of nitrogens with one attached hydrogen (secondary N) is 2. The average molecular weight is 398 g/mol. The van der Waals surface area contributed by atoms with Gasteiger partial charge in [-0.2, -0.15) is 0 Å². The van der Waals surface area contributed by atoms with Crippen LogP contribution >= 0.6 is 11.3 Å². The number of rotatable bonds is 11. The molecule has 2 rings (SSSR count). The fourth-order valence-corrected chi connectivity index (χ4v) is 4.22. The third kappa shape index (κ3) is 7.16. The summed E-state index contributed by atoms with van der Waals surface area (Å²) in [5, 5.41) is 6.78. The van der Waals surface area contributed by atoms with E-state index in [1.165, 1.54) is 16.0 Å². The van der Waals surface area contributed by atoms with Crippen LogP contribution < -0.4 is 10.6 Å². The molecule has 0 fully saturated rings. The minimum Gasteiger partial charge on any atom is -0.391 e. The van der Waals surface area contributed by atoms with Crippen LogP contribution in [-0.2, 0) is 6.54 Å². The summed E-state index contributed by atoms with van der Waals surface area (Å²) < 4.78 is 0. The van der Waals surface area contributed by atoms with Crippen LogP contribution in [0, 0.1) is 18.3 Å². The van der Waals surface area contributed by atoms with Crippen LogP contribution in [0.4, 0.5) is 0 Å². The third-order valence-electron chi connectivity index (χ3n) is 4.85. The highest BCUT2D eigenvalue weighted by molar-refractivity contribution is 7.13. The van der Waals surface area contributed by atoms with E-state index in [2.05, 4.69) is 80.7 Å². The van der Waals surface area contributed by atoms with E-state index in [9.17, 15) is 0 Å². The summed E-state index contributed by atoms with van der Waals surface area (Å²) in [6, 6.07) is 8.77. The van der Waals surface area contributed by atoms with Crippen molar-refractivity contribution in [3.63, 3.8) is 0 Å². The Hall–Kier alpha value is -2.07. The zero-order chi connectivity index (χ0) is 20.6. The number of hydrogen-bond acceptors (Lipinski definition) is 4. The molecule has 0 bridgehead atoms. The van der Waals surface area contributed by atoms with Gasteiger partial charge in [0.15, 0.2) is 0 Å². The number of allylic oxidation sites excluding steroid dienone is 1. The molecule has 0 saturated carbocycles. The SMILES string of the molecule is C=CNCCCC(CC(C)(C)C)C(=C)NCc1ccc(-c2scnc2C)cc1. The van der Waals surface area contributed by atoms with Gasteiger partial charge in [-0.05, 0) is 54.8 Å². The molecule has 1 unspecified atom stereocenters. The van der Waals surface area contributed by atoms with E-state index < -0.39 is 0 Å². The molecule has 0 radical (unpaired) electrons. The minimum atomic E-state index is 0.287. The Bertz CT molecular complexity index is 753. The molecule has 1 aromatic heterocycles. The lowest BCUT2D eigenvalue weighted by atomic mass is 9.81. The van der Waals surface area contributed by atoms with Crippen LogP contribution in [0.5, 0.6) is 0 Å². The Morgan fingerprint density at radius 3 is 2.54 bits per heavy atom. The second-order valence-electron chi connectivity index (χ2n) is 8.60. The van der Waals surface area contributed by atoms with E-state index >= 15 is 0 Å². The summed E-state index contributed by atoms with van der Waals surface area (Å²) in [7, 11) is 0. The zero-order valence-corrected chi connectivity index (χ0v) is 18.7. The molecule has 1 atom stereocenters. The molecule has 28 heavy (non-hydrogen) atoms. The number of aryl methyl sites for hydroxylation is 1. The fourth-order valence-electron chi connectivity index (χ4n) is 3.40. The molecule has 0 aliphatic rings. The highest BCUT2D eigenvalue weighted by Crippen LogP contribution is 2.31. The van der Waals surface area contributed by atoms with Crippen molar-refractivity contribution in [1.82, 2.24) is 15.6 Å². The summed E-state index contributed by atoms with van der Waals surface area (Å²) >= 11 is 1.69. The normalized spacial score (nSPS) is 12.4. The Balaban J connectivity index is 1.93. The topological polar surface area (TPSA) is 37.0 Å². The summed E-state index contributed by atoms with van der Waals surface area (Å²) in [4.78, 5) is 5.60. The molecule has 0 aliphatic carbocycles. The summed E-state index contributed by atoms with van der Waals surface area (Å²) in [5.41, 5.74) is 6.95. The fraction of sp³-hybridized carbons (Fsp3) is 0.458. The molecule has 1 aromatic carbocycles. The van der Waals surface area contributed by atoms with Crippen molar-refractivity contribution in [1.29, 1.82) is 0 Å². The van der Waals surface area contributed by atoms with Gasteiger partial charge in [0.1, 0.15) is 0 Å². The Morgan fingerprint density at radius 1 is 1.25 bits per heavy atom. The van der Waals surface area contributed by atoms with Crippen LogP contribution in [0.3, 0.4) is 0 Å². The van der Waals surface area contributed by atoms with Gasteiger partial charge >= 0.3 is 0 Å². The Labute approximate surface area is 175 Å². The highest BCUT2D eigenvalue weighted by Gasteiger charge is 2.20. The lowest BCUT2D eigenvalue weighted by molar-refractivity contribution is 0.297. The van der Waals surface area contributed by atoms with Gasteiger partial charge in [0.25, 0.3) is 0 Å². The molecule has 0 spiro atoms. The monoisotopic (exact) mass is 397 g/mol. The van der Waals surface area contributed by atoms with Crippen molar-refractivity contribution >= 4 is 11.3 Å². The maximum Gasteiger partial charge on any atom is 0.0801 e. The van der Waals surface area contributed by atoms with E-state index in [4.69, 9.17) is 0 Å². The van der Waals surface area contributed by atoms with Gasteiger partial charge in [-0.15, -0.1) is 11.3 Å². The van der Waals surface area contributed by atoms with Crippen LogP contribution in [0.2, 0.25) is 0 Å². The standard InChI is InChI=1S/C24H35N3S/c1-7-25-14-8-9-22(15-24(4,5)6)18(2)26-16-20-10-12-21(13-11-20)23-19(3)27-17-28-23/h7,10-13,17,22,25-26H,1-2,8-9,14-16H2,3-6H3. The van der Waals surface area contributed by atoms with Crippen molar-refractivity contribution in [3.8, 4) is 10.4 Å². The first-order valence-electron chi connectivity index (χ1n) is 10.1. The molecule has 4 heteroatoms. The summed E-state index contributed by atoms with van der Waals surface area (Å²) in [5.74, 6) is 0.478. The lowest BCUT2D eigenvalue weighted by Crippen LogP contribution is -2.24. The van der Waals surface area contributed by atoms with Crippen molar-refractivity contribution < 1.29 is 0 Å². The summed E-state index contributed by atoms with van der Waals surface area (Å²) in [6.07, 6.45) is 5.16. The van der Waals surface area contributed by atoms with Gasteiger partial charge in [-0.3, -0.25) is 0 Å². The second-order valence-corrected chi connectivity index (χ2v) is 9.46. The average Bonchev–Trinajstić information content (AvgIpc) is 3.07. The molecule has 3 nitrogen and oxygen atoms in total. The van der Waals surface area contributed by atoms with Crippen molar-refractivity contribution in [2.75, 3.05) is 6.54 Å². The van der Waals surface area contributed by atoms with E-state index in [0.717, 1.165) is 43.7 Å². The quantitative estimate of drug-likeness (QED) is 0.438. The largest absolute Gasteiger partial charge is 0.391 e. The van der Waals surface area contributed by atoms with E-state index in [1.807, 2.05) is 5.51 Å². The second kappa shape index (κ2) is 10.5. The third-order valence-corrected chi connectivity index (χ3v) is 5.83. The maximum atomic E-state index is 4.36. The maximum absolute atomic E-state index is 4.36. The smallest absolute Gasteiger partial charge is 0.0801 e. The first-order valence-corrected chi connectivity index (χ1v) is 10.9. The van der Waals surface area contributed by atoms with Crippen LogP contribution in [0.15, 0.2) is 54.8 Å². The number of aromatic nitrogens is 1. The first kappa shape index (κ1) is 22.2. The first-order chi connectivity index (χ1) is 13.3. The zero-order valence-electron chi connectivity index (χ0n) is 17.8. The molecular formula is C24H35N3S. The Morgan fingerprint density at radius 2 is 1.96 bits per heavy atom. The van der Waals surface area contributed by atoms with Crippen molar-refractivity contribution in [2.45, 2.75) is 53.5 Å².